The van der Waals surface area contributed by atoms with E-state index in [9.17, 15) is 14.4 Å². The highest BCUT2D eigenvalue weighted by molar-refractivity contribution is 6.34. The topological polar surface area (TPSA) is 146 Å². The molecule has 0 radical (unpaired) electrons. The number of nitrogens with two attached hydrogens (primary N) is 1. The van der Waals surface area contributed by atoms with Crippen LogP contribution in [0.25, 0.3) is 0 Å². The van der Waals surface area contributed by atoms with Gasteiger partial charge in [-0.25, -0.2) is 0 Å². The molecule has 31 heavy (non-hydrogen) atoms. The van der Waals surface area contributed by atoms with E-state index in [-0.39, 0.29) is 18.9 Å². The molecule has 2 aromatic carbocycles. The molecule has 0 aliphatic carbocycles. The van der Waals surface area contributed by atoms with E-state index in [1.165, 1.54) is 25.2 Å². The summed E-state index contributed by atoms with van der Waals surface area (Å²) in [6, 6.07) is 10.1. The third-order valence-electron chi connectivity index (χ3n) is 4.05. The van der Waals surface area contributed by atoms with Crippen molar-refractivity contribution in [2.75, 3.05) is 18.9 Å². The zero-order chi connectivity index (χ0) is 23.0. The van der Waals surface area contributed by atoms with Crippen molar-refractivity contribution in [2.24, 2.45) is 10.7 Å². The monoisotopic (exact) mass is 465 g/mol. The molecular weight excluding hydrogens is 445 g/mol. The maximum Gasteiger partial charge on any atom is 0.305 e. The number of hydrogen-bond donors (Lipinski definition) is 5. The van der Waals surface area contributed by atoms with E-state index in [0.29, 0.717) is 26.9 Å². The van der Waals surface area contributed by atoms with Crippen molar-refractivity contribution in [2.45, 2.75) is 12.5 Å². The molecule has 1 atom stereocenters. The van der Waals surface area contributed by atoms with Crippen LogP contribution in [0, 0.1) is 0 Å². The molecule has 6 N–H and O–H groups in total. The SMILES string of the molecule is CN=C(N)Nc1cccc(C(=O)NCC(=O)NC(CC(=O)O)c2cc(Cl)cc(Cl)c2)c1. The Kier molecular flexibility index (Phi) is 8.65. The minimum absolute atomic E-state index is 0.183. The molecule has 2 aromatic rings. The number of benzene rings is 2. The van der Waals surface area contributed by atoms with E-state index in [2.05, 4.69) is 20.9 Å². The van der Waals surface area contributed by atoms with E-state index in [1.807, 2.05) is 0 Å². The van der Waals surface area contributed by atoms with Gasteiger partial charge in [-0.15, -0.1) is 0 Å². The van der Waals surface area contributed by atoms with Gasteiger partial charge in [-0.05, 0) is 42.0 Å². The van der Waals surface area contributed by atoms with Crippen LogP contribution in [0.15, 0.2) is 47.5 Å². The molecular formula is C20H21Cl2N5O4. The zero-order valence-electron chi connectivity index (χ0n) is 16.5. The first kappa shape index (κ1) is 24.0. The fourth-order valence-corrected chi connectivity index (χ4v) is 3.20. The second-order valence-electron chi connectivity index (χ2n) is 6.42. The minimum Gasteiger partial charge on any atom is -0.481 e. The summed E-state index contributed by atoms with van der Waals surface area (Å²) in [5.74, 6) is -2.01. The standard InChI is InChI=1S/C20H21Cl2N5O4/c1-24-20(23)26-15-4-2-3-11(7-15)19(31)25-10-17(28)27-16(9-18(29)30)12-5-13(21)8-14(22)6-12/h2-8,16H,9-10H2,1H3,(H,25,31)(H,27,28)(H,29,30)(H3,23,24,26). The number of nitrogens with one attached hydrogen (secondary N) is 3. The summed E-state index contributed by atoms with van der Waals surface area (Å²) in [6.07, 6.45) is -0.384. The molecule has 11 heteroatoms. The summed E-state index contributed by atoms with van der Waals surface area (Å²) >= 11 is 11.9. The number of anilines is 1. The fraction of sp³-hybridized carbons (Fsp3) is 0.200. The van der Waals surface area contributed by atoms with Gasteiger partial charge in [-0.1, -0.05) is 29.3 Å². The summed E-state index contributed by atoms with van der Waals surface area (Å²) in [5.41, 5.74) is 6.89. The molecule has 1 unspecified atom stereocenters. The third-order valence-corrected chi connectivity index (χ3v) is 4.49. The number of amides is 2. The molecule has 0 fully saturated rings. The van der Waals surface area contributed by atoms with Gasteiger partial charge in [0, 0.05) is 28.3 Å². The summed E-state index contributed by atoms with van der Waals surface area (Å²) in [5, 5.41) is 17.7. The van der Waals surface area contributed by atoms with E-state index in [0.717, 1.165) is 0 Å². The number of carbonyl (C=O) groups is 3. The molecule has 0 aliphatic rings. The Morgan fingerprint density at radius 2 is 1.81 bits per heavy atom. The van der Waals surface area contributed by atoms with Gasteiger partial charge in [0.05, 0.1) is 19.0 Å². The van der Waals surface area contributed by atoms with E-state index < -0.39 is 23.8 Å². The summed E-state index contributed by atoms with van der Waals surface area (Å²) in [4.78, 5) is 39.7. The summed E-state index contributed by atoms with van der Waals surface area (Å²) in [6.45, 7) is -0.362. The van der Waals surface area contributed by atoms with E-state index >= 15 is 0 Å². The Labute approximate surface area is 188 Å². The lowest BCUT2D eigenvalue weighted by atomic mass is 10.0. The number of nitrogens with zero attached hydrogens (tertiary/aromatic N) is 1. The quantitative estimate of drug-likeness (QED) is 0.298. The highest BCUT2D eigenvalue weighted by Gasteiger charge is 2.20. The predicted octanol–water partition coefficient (Wildman–Crippen LogP) is 2.41. The van der Waals surface area contributed by atoms with Crippen LogP contribution in [0.1, 0.15) is 28.4 Å². The zero-order valence-corrected chi connectivity index (χ0v) is 18.0. The van der Waals surface area contributed by atoms with Crippen LogP contribution >= 0.6 is 23.2 Å². The van der Waals surface area contributed by atoms with E-state index in [1.54, 1.807) is 24.3 Å². The highest BCUT2D eigenvalue weighted by Crippen LogP contribution is 2.25. The number of guanidine groups is 1. The van der Waals surface area contributed by atoms with Crippen LogP contribution in [-0.2, 0) is 9.59 Å². The van der Waals surface area contributed by atoms with Crippen LogP contribution in [0.3, 0.4) is 0 Å². The fourth-order valence-electron chi connectivity index (χ4n) is 2.65. The molecule has 0 aliphatic heterocycles. The predicted molar refractivity (Wildman–Crippen MR) is 120 cm³/mol. The largest absolute Gasteiger partial charge is 0.481 e. The first-order valence-electron chi connectivity index (χ1n) is 9.02. The van der Waals surface area contributed by atoms with Crippen molar-refractivity contribution in [3.8, 4) is 0 Å². The van der Waals surface area contributed by atoms with Gasteiger partial charge in [0.15, 0.2) is 5.96 Å². The smallest absolute Gasteiger partial charge is 0.305 e. The maximum absolute atomic E-state index is 12.4. The van der Waals surface area contributed by atoms with Gasteiger partial charge >= 0.3 is 5.97 Å². The van der Waals surface area contributed by atoms with Crippen molar-refractivity contribution in [1.29, 1.82) is 0 Å². The average Bonchev–Trinajstić information content (AvgIpc) is 2.70. The number of hydrogen-bond acceptors (Lipinski definition) is 4. The molecule has 2 amide bonds. The van der Waals surface area contributed by atoms with Gasteiger partial charge in [0.25, 0.3) is 5.91 Å². The highest BCUT2D eigenvalue weighted by atomic mass is 35.5. The normalized spacial score (nSPS) is 12.0. The Morgan fingerprint density at radius 1 is 1.13 bits per heavy atom. The molecule has 2 rings (SSSR count). The number of halogens is 2. The van der Waals surface area contributed by atoms with Crippen molar-refractivity contribution in [3.63, 3.8) is 0 Å². The van der Waals surface area contributed by atoms with Crippen LogP contribution in [0.4, 0.5) is 5.69 Å². The first-order valence-corrected chi connectivity index (χ1v) is 9.78. The van der Waals surface area contributed by atoms with Gasteiger partial charge in [-0.3, -0.25) is 19.4 Å². The van der Waals surface area contributed by atoms with Crippen molar-refractivity contribution in [3.05, 3.63) is 63.6 Å². The van der Waals surface area contributed by atoms with Crippen LogP contribution in [0.5, 0.6) is 0 Å². The van der Waals surface area contributed by atoms with E-state index in [4.69, 9.17) is 34.0 Å². The Balaban J connectivity index is 2.02. The number of rotatable bonds is 8. The second kappa shape index (κ2) is 11.2. The molecule has 0 saturated carbocycles. The number of aliphatic imine (C=N–C) groups is 1. The first-order chi connectivity index (χ1) is 14.7. The van der Waals surface area contributed by atoms with Gasteiger partial charge in [0.2, 0.25) is 5.91 Å². The molecule has 9 nitrogen and oxygen atoms in total. The van der Waals surface area contributed by atoms with Crippen LogP contribution in [0.2, 0.25) is 10.0 Å². The second-order valence-corrected chi connectivity index (χ2v) is 7.29. The summed E-state index contributed by atoms with van der Waals surface area (Å²) < 4.78 is 0. The molecule has 0 heterocycles. The molecule has 0 bridgehead atoms. The van der Waals surface area contributed by atoms with Gasteiger partial charge in [-0.2, -0.15) is 0 Å². The average molecular weight is 466 g/mol. The lowest BCUT2D eigenvalue weighted by Crippen LogP contribution is -2.39. The number of carbonyl (C=O) groups excluding carboxylic acids is 2. The molecule has 0 spiro atoms. The lowest BCUT2D eigenvalue weighted by molar-refractivity contribution is -0.137. The van der Waals surface area contributed by atoms with Crippen molar-refractivity contribution < 1.29 is 19.5 Å². The minimum atomic E-state index is -1.12. The van der Waals surface area contributed by atoms with Gasteiger partial charge in [0.1, 0.15) is 0 Å². The third kappa shape index (κ3) is 7.80. The number of aliphatic carboxylic acids is 1. The summed E-state index contributed by atoms with van der Waals surface area (Å²) in [7, 11) is 1.52. The van der Waals surface area contributed by atoms with Crippen molar-refractivity contribution >= 4 is 52.6 Å². The van der Waals surface area contributed by atoms with Gasteiger partial charge < -0.3 is 26.8 Å². The van der Waals surface area contributed by atoms with Crippen molar-refractivity contribution in [1.82, 2.24) is 10.6 Å². The molecule has 0 aromatic heterocycles. The Morgan fingerprint density at radius 3 is 2.42 bits per heavy atom. The molecule has 164 valence electrons. The van der Waals surface area contributed by atoms with Crippen LogP contribution in [-0.4, -0.2) is 42.4 Å². The Bertz CT molecular complexity index is 993. The van der Waals surface area contributed by atoms with Crippen LogP contribution < -0.4 is 21.7 Å². The maximum atomic E-state index is 12.4. The number of carboxylic acid groups (broad SMARTS) is 1. The lowest BCUT2D eigenvalue weighted by Gasteiger charge is -2.18. The Hall–Kier alpha value is -3.30. The molecule has 0 saturated heterocycles. The number of carboxylic acids is 1.